The van der Waals surface area contributed by atoms with Crippen LogP contribution in [0.5, 0.6) is 0 Å². The van der Waals surface area contributed by atoms with E-state index < -0.39 is 10.1 Å². The predicted molar refractivity (Wildman–Crippen MR) is 131 cm³/mol. The summed E-state index contributed by atoms with van der Waals surface area (Å²) in [5.74, 6) is 1.90. The maximum absolute atomic E-state index is 6.98. The van der Waals surface area contributed by atoms with Gasteiger partial charge >= 0.3 is 0 Å². The molecule has 1 unspecified atom stereocenters. The first-order valence-corrected chi connectivity index (χ1v) is 13.7. The topological polar surface area (TPSA) is 15.7 Å². The van der Waals surface area contributed by atoms with Gasteiger partial charge in [0.25, 0.3) is 0 Å². The highest BCUT2D eigenvalue weighted by atomic mass is 32.3. The average Bonchev–Trinajstić information content (AvgIpc) is 2.80. The number of nitrogens with zero attached hydrogens (tertiary/aromatic N) is 2. The van der Waals surface area contributed by atoms with E-state index in [-0.39, 0.29) is 0 Å². The fourth-order valence-corrected chi connectivity index (χ4v) is 7.10. The molecule has 2 aliphatic heterocycles. The van der Waals surface area contributed by atoms with Crippen molar-refractivity contribution in [3.05, 3.63) is 47.7 Å². The number of hydrogen-bond acceptors (Lipinski definition) is 3. The number of ether oxygens (including phenoxy) is 1. The van der Waals surface area contributed by atoms with Crippen LogP contribution in [-0.4, -0.2) is 61.9 Å². The van der Waals surface area contributed by atoms with E-state index in [0.717, 1.165) is 43.7 Å². The predicted octanol–water partition coefficient (Wildman–Crippen LogP) is 5.38. The summed E-state index contributed by atoms with van der Waals surface area (Å²) >= 11 is 0. The number of methoxy groups -OCH3 is 1. The molecule has 0 aromatic heterocycles. The second-order valence-corrected chi connectivity index (χ2v) is 12.2. The fourth-order valence-electron chi connectivity index (χ4n) is 5.15. The van der Waals surface area contributed by atoms with Crippen molar-refractivity contribution in [2.24, 2.45) is 5.92 Å². The molecule has 3 nitrogen and oxygen atoms in total. The number of allylic oxidation sites excluding steroid dienone is 3. The Morgan fingerprint density at radius 3 is 2.20 bits per heavy atom. The van der Waals surface area contributed by atoms with Crippen molar-refractivity contribution in [3.8, 4) is 0 Å². The molecule has 1 aliphatic carbocycles. The average molecular weight is 424 g/mol. The van der Waals surface area contributed by atoms with Gasteiger partial charge in [0.1, 0.15) is 5.76 Å². The van der Waals surface area contributed by atoms with Crippen molar-refractivity contribution in [2.75, 3.05) is 39.5 Å². The van der Waals surface area contributed by atoms with E-state index in [1.54, 1.807) is 7.11 Å². The van der Waals surface area contributed by atoms with Gasteiger partial charge in [-0.1, -0.05) is 25.1 Å². The smallest absolute Gasteiger partial charge is 0.163 e. The van der Waals surface area contributed by atoms with Crippen LogP contribution < -0.4 is 0 Å². The van der Waals surface area contributed by atoms with Crippen LogP contribution in [0.2, 0.25) is 0 Å². The van der Waals surface area contributed by atoms with Crippen molar-refractivity contribution >= 4 is 22.8 Å². The number of piperidine rings is 2. The van der Waals surface area contributed by atoms with E-state index >= 15 is 0 Å². The van der Waals surface area contributed by atoms with Gasteiger partial charge in [-0.05, 0) is 92.5 Å². The molecule has 0 spiro atoms. The van der Waals surface area contributed by atoms with Gasteiger partial charge in [-0.2, -0.15) is 0 Å². The minimum atomic E-state index is -1.44. The molecule has 1 aromatic rings. The molecule has 30 heavy (non-hydrogen) atoms. The normalized spacial score (nSPS) is 25.8. The minimum absolute atomic E-state index is 0.754. The Balaban J connectivity index is 1.39. The van der Waals surface area contributed by atoms with Crippen LogP contribution in [0.15, 0.2) is 47.1 Å². The van der Waals surface area contributed by atoms with Gasteiger partial charge in [-0.15, -0.1) is 0 Å². The molecular weight excluding hydrogens is 387 g/mol. The molecule has 5 heteroatoms. The zero-order chi connectivity index (χ0) is 21.1. The molecule has 2 heterocycles. The lowest BCUT2D eigenvalue weighted by Crippen LogP contribution is -2.47. The zero-order valence-electron chi connectivity index (χ0n) is 19.0. The summed E-state index contributed by atoms with van der Waals surface area (Å²) < 4.78 is 8.14. The Labute approximate surface area is 186 Å². The Bertz CT molecular complexity index is 773. The molecule has 162 valence electrons. The van der Waals surface area contributed by atoms with Gasteiger partial charge in [-0.25, -0.2) is 10.1 Å². The Morgan fingerprint density at radius 2 is 1.57 bits per heavy atom. The van der Waals surface area contributed by atoms with Crippen LogP contribution in [-0.2, 0) is 4.74 Å². The number of rotatable bonds is 5. The summed E-state index contributed by atoms with van der Waals surface area (Å²) in [5.41, 5.74) is 2.43. The van der Waals surface area contributed by atoms with Gasteiger partial charge in [0.2, 0.25) is 0 Å². The van der Waals surface area contributed by atoms with Crippen LogP contribution in [0.3, 0.4) is 0 Å². The number of hydrogen-bond donors (Lipinski definition) is 0. The van der Waals surface area contributed by atoms with Crippen LogP contribution in [0.4, 0.5) is 0 Å². The SMILES string of the molecule is [B]S(C)(c1ccc(C2=CCCC=C2OC)cc1)N1CCC(N2CCC(C)CC2)CC1. The third kappa shape index (κ3) is 4.68. The molecule has 3 aliphatic rings. The summed E-state index contributed by atoms with van der Waals surface area (Å²) in [6.07, 6.45) is 14.1. The molecular formula is C25H37BN2OS. The van der Waals surface area contributed by atoms with Crippen LogP contribution in [0.1, 0.15) is 51.0 Å². The minimum Gasteiger partial charge on any atom is -0.496 e. The summed E-state index contributed by atoms with van der Waals surface area (Å²) in [7, 11) is 7.30. The molecule has 0 amide bonds. The molecule has 2 fully saturated rings. The molecule has 0 saturated carbocycles. The van der Waals surface area contributed by atoms with E-state index in [2.05, 4.69) is 58.8 Å². The van der Waals surface area contributed by atoms with Gasteiger partial charge in [0, 0.05) is 24.7 Å². The molecule has 0 N–H and O–H groups in total. The van der Waals surface area contributed by atoms with Gasteiger partial charge in [0.05, 0.1) is 7.11 Å². The maximum atomic E-state index is 6.98. The largest absolute Gasteiger partial charge is 0.496 e. The highest BCUT2D eigenvalue weighted by molar-refractivity contribution is 8.47. The third-order valence-corrected chi connectivity index (χ3v) is 9.93. The molecule has 2 saturated heterocycles. The number of likely N-dealkylation sites (tertiary alicyclic amines) is 1. The standard InChI is InChI=1S/C25H37BN2OS/c1-20-12-16-27(17-13-20)22-14-18-28(19-15-22)30(3,26)23-10-8-21(9-11-23)24-6-4-5-7-25(24)29-2/h6-11,20,22H,4-5,12-19H2,1-3H3. The summed E-state index contributed by atoms with van der Waals surface area (Å²) in [4.78, 5) is 4.02. The Hall–Kier alpha value is -1.17. The lowest BCUT2D eigenvalue weighted by Gasteiger charge is -2.50. The molecule has 4 rings (SSSR count). The fraction of sp³-hybridized carbons (Fsp3) is 0.600. The Morgan fingerprint density at radius 1 is 0.933 bits per heavy atom. The lowest BCUT2D eigenvalue weighted by atomic mass is 9.95. The molecule has 0 bridgehead atoms. The van der Waals surface area contributed by atoms with E-state index in [0.29, 0.717) is 0 Å². The third-order valence-electron chi connectivity index (χ3n) is 7.27. The van der Waals surface area contributed by atoms with E-state index in [1.165, 1.54) is 54.8 Å². The highest BCUT2D eigenvalue weighted by Crippen LogP contribution is 2.52. The second kappa shape index (κ2) is 9.54. The van der Waals surface area contributed by atoms with Gasteiger partial charge < -0.3 is 9.64 Å². The van der Waals surface area contributed by atoms with Crippen LogP contribution >= 0.6 is 10.1 Å². The van der Waals surface area contributed by atoms with Crippen molar-refractivity contribution in [2.45, 2.75) is 56.4 Å². The van der Waals surface area contributed by atoms with Crippen molar-refractivity contribution in [1.82, 2.24) is 9.21 Å². The first-order valence-electron chi connectivity index (χ1n) is 11.6. The Kier molecular flexibility index (Phi) is 7.01. The summed E-state index contributed by atoms with van der Waals surface area (Å²) in [6.45, 7) is 7.19. The van der Waals surface area contributed by atoms with Crippen molar-refractivity contribution < 1.29 is 4.74 Å². The summed E-state index contributed by atoms with van der Waals surface area (Å²) in [5, 5.41) is 0. The van der Waals surface area contributed by atoms with Gasteiger partial charge in [0.15, 0.2) is 7.12 Å². The first kappa shape index (κ1) is 22.0. The first-order chi connectivity index (χ1) is 14.5. The van der Waals surface area contributed by atoms with Crippen molar-refractivity contribution in [3.63, 3.8) is 0 Å². The highest BCUT2D eigenvalue weighted by Gasteiger charge is 2.31. The number of benzene rings is 1. The van der Waals surface area contributed by atoms with E-state index in [9.17, 15) is 0 Å². The summed E-state index contributed by atoms with van der Waals surface area (Å²) in [6, 6.07) is 9.68. The molecule has 2 radical (unpaired) electrons. The van der Waals surface area contributed by atoms with E-state index in [1.807, 2.05) is 0 Å². The van der Waals surface area contributed by atoms with Crippen molar-refractivity contribution in [1.29, 1.82) is 0 Å². The second-order valence-electron chi connectivity index (χ2n) is 9.31. The molecule has 1 atom stereocenters. The molecule has 1 aromatic carbocycles. The van der Waals surface area contributed by atoms with Crippen LogP contribution in [0.25, 0.3) is 5.57 Å². The van der Waals surface area contributed by atoms with Gasteiger partial charge in [-0.3, -0.25) is 4.31 Å². The zero-order valence-corrected chi connectivity index (χ0v) is 19.8. The lowest BCUT2D eigenvalue weighted by molar-refractivity contribution is 0.102. The van der Waals surface area contributed by atoms with Crippen LogP contribution in [0, 0.1) is 5.92 Å². The maximum Gasteiger partial charge on any atom is 0.163 e. The monoisotopic (exact) mass is 424 g/mol. The van der Waals surface area contributed by atoms with E-state index in [4.69, 9.17) is 11.9 Å². The quantitative estimate of drug-likeness (QED) is 0.590.